The Balaban J connectivity index is 1.07. The minimum absolute atomic E-state index is 0.0351. The Hall–Kier alpha value is -9.68. The average Bonchev–Trinajstić information content (AvgIpc) is 3.84. The van der Waals surface area contributed by atoms with E-state index < -0.39 is 8.07 Å². The van der Waals surface area contributed by atoms with Gasteiger partial charge in [-0.15, -0.1) is 0 Å². The summed E-state index contributed by atoms with van der Waals surface area (Å²) < 4.78 is 2.52. The van der Waals surface area contributed by atoms with Crippen LogP contribution in [0.15, 0.2) is 303 Å². The molecule has 5 heteroatoms. The highest BCUT2D eigenvalue weighted by molar-refractivity contribution is 7.20. The molecular weight excluding hydrogens is 946 g/mol. The van der Waals surface area contributed by atoms with Gasteiger partial charge in [-0.3, -0.25) is 0 Å². The molecule has 0 saturated carbocycles. The molecule has 0 amide bonds. The molecule has 12 aromatic carbocycles. The highest BCUT2D eigenvalue weighted by Crippen LogP contribution is 2.47. The Labute approximate surface area is 450 Å². The SMILES string of the molecule is c1ccc(-c2ccc3c(c2)c2cc(-c4ccccc4)ccc2n3-c2ccccc2N2c3ccccc3B3c4ccccc4N(c4ccccc4)c4cc([Si](c5ccccc5)(c5ccccc5)c5ccccc5)cc2c43)cc1. The van der Waals surface area contributed by atoms with E-state index >= 15 is 0 Å². The monoisotopic (exact) mass is 995 g/mol. The molecule has 360 valence electrons. The molecule has 77 heavy (non-hydrogen) atoms. The van der Waals surface area contributed by atoms with E-state index in [0.29, 0.717) is 0 Å². The van der Waals surface area contributed by atoms with Crippen molar-refractivity contribution >= 4 is 108 Å². The van der Waals surface area contributed by atoms with Crippen LogP contribution in [0.5, 0.6) is 0 Å². The van der Waals surface area contributed by atoms with E-state index in [-0.39, 0.29) is 6.71 Å². The van der Waals surface area contributed by atoms with Crippen molar-refractivity contribution in [2.75, 3.05) is 9.80 Å². The Morgan fingerprint density at radius 3 is 1.12 bits per heavy atom. The minimum atomic E-state index is -3.11. The van der Waals surface area contributed by atoms with Gasteiger partial charge in [-0.05, 0) is 132 Å². The number of hydrogen-bond donors (Lipinski definition) is 0. The number of fused-ring (bicyclic) bond motifs is 7. The normalized spacial score (nSPS) is 12.6. The van der Waals surface area contributed by atoms with E-state index in [0.717, 1.165) is 28.1 Å². The van der Waals surface area contributed by atoms with E-state index in [1.165, 1.54) is 92.9 Å². The first-order valence-corrected chi connectivity index (χ1v) is 28.7. The van der Waals surface area contributed by atoms with Gasteiger partial charge in [0.1, 0.15) is 0 Å². The van der Waals surface area contributed by atoms with Gasteiger partial charge >= 0.3 is 0 Å². The molecule has 13 aromatic rings. The third-order valence-corrected chi connectivity index (χ3v) is 21.0. The summed E-state index contributed by atoms with van der Waals surface area (Å²) in [5.74, 6) is 0. The van der Waals surface area contributed by atoms with E-state index in [9.17, 15) is 0 Å². The van der Waals surface area contributed by atoms with Crippen molar-refractivity contribution in [3.05, 3.63) is 303 Å². The van der Waals surface area contributed by atoms with Crippen LogP contribution in [0, 0.1) is 0 Å². The second-order valence-electron chi connectivity index (χ2n) is 20.4. The summed E-state index contributed by atoms with van der Waals surface area (Å²) in [5, 5.41) is 7.75. The van der Waals surface area contributed by atoms with Crippen LogP contribution in [0.3, 0.4) is 0 Å². The van der Waals surface area contributed by atoms with Crippen LogP contribution in [-0.4, -0.2) is 19.4 Å². The minimum Gasteiger partial charge on any atom is -0.311 e. The molecule has 0 saturated heterocycles. The Bertz CT molecular complexity index is 4140. The number of benzene rings is 12. The second-order valence-corrected chi connectivity index (χ2v) is 24.2. The molecule has 0 atom stereocenters. The van der Waals surface area contributed by atoms with Crippen molar-refractivity contribution in [3.63, 3.8) is 0 Å². The highest BCUT2D eigenvalue weighted by Gasteiger charge is 2.48. The van der Waals surface area contributed by atoms with Gasteiger partial charge in [-0.25, -0.2) is 0 Å². The summed E-state index contributed by atoms with van der Waals surface area (Å²) in [6.45, 7) is -0.0351. The van der Waals surface area contributed by atoms with Crippen molar-refractivity contribution in [1.82, 2.24) is 4.57 Å². The molecule has 0 spiro atoms. The Morgan fingerprint density at radius 2 is 0.636 bits per heavy atom. The molecule has 0 radical (unpaired) electrons. The number of nitrogens with zero attached hydrogens (tertiary/aromatic N) is 3. The molecule has 0 bridgehead atoms. The van der Waals surface area contributed by atoms with Crippen molar-refractivity contribution in [3.8, 4) is 27.9 Å². The lowest BCUT2D eigenvalue weighted by atomic mass is 9.33. The molecule has 1 aromatic heterocycles. The van der Waals surface area contributed by atoms with Gasteiger partial charge in [0.05, 0.1) is 22.4 Å². The van der Waals surface area contributed by atoms with Crippen molar-refractivity contribution in [2.24, 2.45) is 0 Å². The molecule has 3 heterocycles. The first kappa shape index (κ1) is 44.8. The first-order valence-electron chi connectivity index (χ1n) is 26.7. The van der Waals surface area contributed by atoms with E-state index in [2.05, 4.69) is 318 Å². The Morgan fingerprint density at radius 1 is 0.260 bits per heavy atom. The van der Waals surface area contributed by atoms with Crippen LogP contribution in [0.4, 0.5) is 34.1 Å². The zero-order valence-corrected chi connectivity index (χ0v) is 43.3. The number of aromatic nitrogens is 1. The summed E-state index contributed by atoms with van der Waals surface area (Å²) in [5.41, 5.74) is 19.1. The van der Waals surface area contributed by atoms with Crippen LogP contribution < -0.4 is 46.9 Å². The second kappa shape index (κ2) is 18.3. The van der Waals surface area contributed by atoms with E-state index in [4.69, 9.17) is 0 Å². The number of para-hydroxylation sites is 5. The smallest absolute Gasteiger partial charge is 0.252 e. The van der Waals surface area contributed by atoms with Gasteiger partial charge in [-0.1, -0.05) is 231 Å². The molecule has 3 nitrogen and oxygen atoms in total. The highest BCUT2D eigenvalue weighted by atomic mass is 28.3. The molecule has 15 rings (SSSR count). The molecule has 0 unspecified atom stereocenters. The largest absolute Gasteiger partial charge is 0.311 e. The number of anilines is 6. The van der Waals surface area contributed by atoms with Gasteiger partial charge in [0.2, 0.25) is 0 Å². The zero-order chi connectivity index (χ0) is 50.9. The van der Waals surface area contributed by atoms with Gasteiger partial charge in [0.15, 0.2) is 8.07 Å². The summed E-state index contributed by atoms with van der Waals surface area (Å²) in [7, 11) is -3.11. The lowest BCUT2D eigenvalue weighted by Crippen LogP contribution is -2.75. The van der Waals surface area contributed by atoms with E-state index in [1.54, 1.807) is 0 Å². The van der Waals surface area contributed by atoms with Crippen LogP contribution in [0.1, 0.15) is 0 Å². The fraction of sp³-hybridized carbons (Fsp3) is 0. The van der Waals surface area contributed by atoms with Crippen molar-refractivity contribution < 1.29 is 0 Å². The summed E-state index contributed by atoms with van der Waals surface area (Å²) in [4.78, 5) is 5.17. The maximum atomic E-state index is 2.62. The zero-order valence-electron chi connectivity index (χ0n) is 42.3. The van der Waals surface area contributed by atoms with Gasteiger partial charge in [-0.2, -0.15) is 0 Å². The quantitative estimate of drug-likeness (QED) is 0.105. The molecule has 0 aliphatic carbocycles. The van der Waals surface area contributed by atoms with Crippen LogP contribution in [0.25, 0.3) is 49.7 Å². The predicted octanol–water partition coefficient (Wildman–Crippen LogP) is 13.6. The molecule has 2 aliphatic rings. The maximum Gasteiger partial charge on any atom is 0.252 e. The van der Waals surface area contributed by atoms with Crippen molar-refractivity contribution in [2.45, 2.75) is 0 Å². The standard InChI is InChI=1S/C72H50BN3Si/c1-7-25-51(26-8-1)53-43-45-64-60(47-53)61-48-54(52-27-9-2-10-28-52)44-46-65(61)75(64)68-41-23-24-42-69(68)76-67-40-22-20-38-63(67)73-62-37-19-21-39-66(62)74(55-29-11-3-12-30-55)70-49-59(50-71(76)72(70)73)77(56-31-13-4-14-32-56,57-33-15-5-16-34-57)58-35-17-6-18-36-58/h1-50H. The summed E-state index contributed by atoms with van der Waals surface area (Å²) in [6, 6.07) is 113. The fourth-order valence-electron chi connectivity index (χ4n) is 13.0. The third-order valence-electron chi connectivity index (χ3n) is 16.3. The topological polar surface area (TPSA) is 11.4 Å². The molecule has 0 fully saturated rings. The average molecular weight is 996 g/mol. The lowest BCUT2D eigenvalue weighted by molar-refractivity contribution is 1.15. The maximum absolute atomic E-state index is 3.11. The predicted molar refractivity (Wildman–Crippen MR) is 329 cm³/mol. The summed E-state index contributed by atoms with van der Waals surface area (Å²) in [6.07, 6.45) is 0. The molecular formula is C72H50BN3Si. The lowest BCUT2D eigenvalue weighted by Gasteiger charge is -2.46. The molecule has 2 aliphatic heterocycles. The number of hydrogen-bond acceptors (Lipinski definition) is 2. The Kier molecular flexibility index (Phi) is 10.6. The first-order chi connectivity index (χ1) is 38.2. The number of rotatable bonds is 9. The van der Waals surface area contributed by atoms with Crippen LogP contribution in [-0.2, 0) is 0 Å². The third kappa shape index (κ3) is 7.05. The van der Waals surface area contributed by atoms with Gasteiger partial charge < -0.3 is 14.4 Å². The van der Waals surface area contributed by atoms with Gasteiger partial charge in [0, 0.05) is 39.2 Å². The fourth-order valence-corrected chi connectivity index (χ4v) is 17.8. The van der Waals surface area contributed by atoms with Crippen LogP contribution in [0.2, 0.25) is 0 Å². The van der Waals surface area contributed by atoms with Gasteiger partial charge in [0.25, 0.3) is 6.71 Å². The molecule has 0 N–H and O–H groups in total. The van der Waals surface area contributed by atoms with Crippen LogP contribution >= 0.6 is 0 Å². The van der Waals surface area contributed by atoms with E-state index in [1.807, 2.05) is 0 Å². The van der Waals surface area contributed by atoms with Crippen molar-refractivity contribution in [1.29, 1.82) is 0 Å². The summed E-state index contributed by atoms with van der Waals surface area (Å²) >= 11 is 0.